The minimum atomic E-state index is -2.62. The second-order valence-corrected chi connectivity index (χ2v) is 0.805. The van der Waals surface area contributed by atoms with Crippen LogP contribution in [-0.4, -0.2) is 14.7 Å². The summed E-state index contributed by atoms with van der Waals surface area (Å²) in [7, 11) is -2.62. The van der Waals surface area contributed by atoms with Crippen LogP contribution in [0.15, 0.2) is 0 Å². The van der Waals surface area contributed by atoms with Crippen molar-refractivity contribution in [2.45, 2.75) is 0 Å². The van der Waals surface area contributed by atoms with Crippen molar-refractivity contribution in [3.05, 3.63) is 0 Å². The van der Waals surface area contributed by atoms with Gasteiger partial charge in [0.15, 0.2) is 0 Å². The Balaban J connectivity index is 0. The van der Waals surface area contributed by atoms with E-state index in [1.165, 1.54) is 0 Å². The molecule has 0 aliphatic carbocycles. The van der Waals surface area contributed by atoms with Crippen molar-refractivity contribution in [2.75, 3.05) is 0 Å². The van der Waals surface area contributed by atoms with Crippen LogP contribution in [-0.2, 0) is 17.4 Å². The molecule has 0 heterocycles. The zero-order valence-corrected chi connectivity index (χ0v) is 4.37. The zero-order valence-electron chi connectivity index (χ0n) is 2.20. The predicted molar refractivity (Wildman–Crippen MR) is 13.6 cm³/mol. The zero-order chi connectivity index (χ0) is 3.58. The first-order valence-electron chi connectivity index (χ1n) is 0.600. The molecule has 5 heavy (non-hydrogen) atoms. The largest absolute Gasteiger partial charge is 0.328 e. The van der Waals surface area contributed by atoms with Crippen LogP contribution in [0.25, 0.3) is 0 Å². The van der Waals surface area contributed by atoms with Crippen LogP contribution in [0.3, 0.4) is 0 Å². The summed E-state index contributed by atoms with van der Waals surface area (Å²) in [6.07, 6.45) is 0. The number of rotatable bonds is 0. The monoisotopic (exact) mass is 134 g/mol. The van der Waals surface area contributed by atoms with Gasteiger partial charge in [-0.3, -0.25) is 0 Å². The van der Waals surface area contributed by atoms with Gasteiger partial charge < -0.3 is 14.7 Å². The van der Waals surface area contributed by atoms with Gasteiger partial charge in [0, 0.05) is 17.4 Å². The molecule has 0 saturated heterocycles. The van der Waals surface area contributed by atoms with Gasteiger partial charge in [-0.2, -0.15) is 0 Å². The summed E-state index contributed by atoms with van der Waals surface area (Å²) in [6, 6.07) is 0. The first-order valence-corrected chi connectivity index (χ1v) is 1.80. The Morgan fingerprint density at radius 1 is 1.00 bits per heavy atom. The van der Waals surface area contributed by atoms with Crippen molar-refractivity contribution in [2.24, 2.45) is 0 Å². The molecule has 0 aromatic heterocycles. The van der Waals surface area contributed by atoms with E-state index in [0.29, 0.717) is 0 Å². The Bertz CT molecular complexity index is 11.6. The van der Waals surface area contributed by atoms with E-state index in [9.17, 15) is 0 Å². The van der Waals surface area contributed by atoms with Crippen LogP contribution < -0.4 is 0 Å². The predicted octanol–water partition coefficient (Wildman–Crippen LogP) is -0.812. The quantitative estimate of drug-likeness (QED) is 0.379. The van der Waals surface area contributed by atoms with Gasteiger partial charge in [-0.1, -0.05) is 0 Å². The maximum Gasteiger partial charge on any atom is 0.324 e. The minimum Gasteiger partial charge on any atom is -0.328 e. The van der Waals surface area contributed by atoms with E-state index >= 15 is 0 Å². The van der Waals surface area contributed by atoms with Gasteiger partial charge in [0.1, 0.15) is 0 Å². The summed E-state index contributed by atoms with van der Waals surface area (Å²) >= 11 is 0. The van der Waals surface area contributed by atoms with Gasteiger partial charge in [0.25, 0.3) is 0 Å². The average molecular weight is 134 g/mol. The van der Waals surface area contributed by atoms with E-state index in [0.717, 1.165) is 0 Å². The summed E-state index contributed by atoms with van der Waals surface area (Å²) in [4.78, 5) is 21.7. The summed E-state index contributed by atoms with van der Waals surface area (Å²) in [6.45, 7) is 0. The summed E-state index contributed by atoms with van der Waals surface area (Å²) in [5, 5.41) is 0. The standard InChI is InChI=1S/Cr.H3O3P/c;1-4(2)3/h;1-3H. The molecule has 32 valence electrons. The van der Waals surface area contributed by atoms with Crippen LogP contribution in [0.5, 0.6) is 0 Å². The molecule has 0 aliphatic rings. The maximum atomic E-state index is 7.23. The van der Waals surface area contributed by atoms with E-state index in [1.54, 1.807) is 0 Å². The van der Waals surface area contributed by atoms with Crippen LogP contribution in [0.1, 0.15) is 0 Å². The molecular weight excluding hydrogens is 131 g/mol. The molecule has 0 rings (SSSR count). The van der Waals surface area contributed by atoms with Gasteiger partial charge in [0.2, 0.25) is 0 Å². The summed E-state index contributed by atoms with van der Waals surface area (Å²) in [5.74, 6) is 0. The molecule has 0 aliphatic heterocycles. The molecule has 0 saturated carbocycles. The first-order chi connectivity index (χ1) is 1.73. The van der Waals surface area contributed by atoms with Crippen molar-refractivity contribution < 1.29 is 32.0 Å². The first kappa shape index (κ1) is 9.28. The average Bonchev–Trinajstić information content (AvgIpc) is 0.811. The Hall–Kier alpha value is 0.842. The molecule has 3 N–H and O–H groups in total. The third-order valence-electron chi connectivity index (χ3n) is 0. The van der Waals surface area contributed by atoms with Crippen molar-refractivity contribution >= 4 is 8.60 Å². The summed E-state index contributed by atoms with van der Waals surface area (Å²) < 4.78 is 0. The third-order valence-corrected chi connectivity index (χ3v) is 0. The Labute approximate surface area is 41.4 Å². The molecule has 0 unspecified atom stereocenters. The Morgan fingerprint density at radius 2 is 1.00 bits per heavy atom. The van der Waals surface area contributed by atoms with E-state index in [2.05, 4.69) is 0 Å². The molecule has 0 amide bonds. The molecule has 0 aromatic carbocycles. The second-order valence-electron chi connectivity index (χ2n) is 0.268. The smallest absolute Gasteiger partial charge is 0.324 e. The number of hydrogen-bond acceptors (Lipinski definition) is 3. The van der Waals surface area contributed by atoms with E-state index in [1.807, 2.05) is 0 Å². The van der Waals surface area contributed by atoms with Gasteiger partial charge in [0.05, 0.1) is 0 Å². The van der Waals surface area contributed by atoms with E-state index in [-0.39, 0.29) is 17.4 Å². The van der Waals surface area contributed by atoms with Gasteiger partial charge in [-0.25, -0.2) is 0 Å². The molecule has 0 fully saturated rings. The van der Waals surface area contributed by atoms with Crippen LogP contribution >= 0.6 is 8.60 Å². The van der Waals surface area contributed by atoms with Gasteiger partial charge in [-0.05, 0) is 0 Å². The molecule has 5 heteroatoms. The van der Waals surface area contributed by atoms with Crippen LogP contribution in [0.4, 0.5) is 0 Å². The van der Waals surface area contributed by atoms with Crippen LogP contribution in [0.2, 0.25) is 0 Å². The maximum absolute atomic E-state index is 7.23. The van der Waals surface area contributed by atoms with Crippen molar-refractivity contribution in [1.82, 2.24) is 0 Å². The van der Waals surface area contributed by atoms with E-state index < -0.39 is 8.60 Å². The van der Waals surface area contributed by atoms with E-state index in [4.69, 9.17) is 14.7 Å². The Morgan fingerprint density at radius 3 is 1.00 bits per heavy atom. The fourth-order valence-corrected chi connectivity index (χ4v) is 0. The van der Waals surface area contributed by atoms with Gasteiger partial charge >= 0.3 is 8.60 Å². The van der Waals surface area contributed by atoms with Crippen molar-refractivity contribution in [3.63, 3.8) is 0 Å². The fourth-order valence-electron chi connectivity index (χ4n) is 0. The normalized spacial score (nSPS) is 7.20. The van der Waals surface area contributed by atoms with Crippen molar-refractivity contribution in [3.8, 4) is 0 Å². The van der Waals surface area contributed by atoms with Gasteiger partial charge in [-0.15, -0.1) is 0 Å². The second kappa shape index (κ2) is 4.84. The Kier molecular flexibility index (Phi) is 8.99. The molecule has 0 bridgehead atoms. The number of hydrogen-bond donors (Lipinski definition) is 3. The molecule has 0 spiro atoms. The third kappa shape index (κ3) is 55.1. The SMILES string of the molecule is OP(O)O.[Cr]. The minimum absolute atomic E-state index is 0. The van der Waals surface area contributed by atoms with Crippen molar-refractivity contribution in [1.29, 1.82) is 0 Å². The fraction of sp³-hybridized carbons (Fsp3) is 0. The molecule has 0 atom stereocenters. The molecular formula is H3CrO3P. The molecule has 0 aromatic rings. The molecule has 3 nitrogen and oxygen atoms in total. The topological polar surface area (TPSA) is 60.7 Å². The molecule has 0 radical (unpaired) electrons. The summed E-state index contributed by atoms with van der Waals surface area (Å²) in [5.41, 5.74) is 0. The van der Waals surface area contributed by atoms with Crippen LogP contribution in [0, 0.1) is 0 Å².